The molecule has 1 aromatic heterocycles. The van der Waals surface area contributed by atoms with Crippen LogP contribution < -0.4 is 4.74 Å². The van der Waals surface area contributed by atoms with Gasteiger partial charge in [0, 0.05) is 5.92 Å². The third-order valence-electron chi connectivity index (χ3n) is 3.07. The van der Waals surface area contributed by atoms with Gasteiger partial charge >= 0.3 is 0 Å². The second-order valence-corrected chi connectivity index (χ2v) is 5.06. The van der Waals surface area contributed by atoms with E-state index in [9.17, 15) is 0 Å². The van der Waals surface area contributed by atoms with Crippen molar-refractivity contribution in [2.45, 2.75) is 18.8 Å². The zero-order chi connectivity index (χ0) is 11.5. The summed E-state index contributed by atoms with van der Waals surface area (Å²) in [5, 5.41) is 8.29. The number of nitrogens with zero attached hydrogens (tertiary/aromatic N) is 3. The molecule has 0 aromatic carbocycles. The first-order valence-electron chi connectivity index (χ1n) is 5.46. The van der Waals surface area contributed by atoms with Crippen molar-refractivity contribution in [2.24, 2.45) is 0 Å². The summed E-state index contributed by atoms with van der Waals surface area (Å²) in [6.07, 6.45) is 2.31. The van der Waals surface area contributed by atoms with Crippen molar-refractivity contribution in [2.75, 3.05) is 27.2 Å². The molecule has 0 spiro atoms. The lowest BCUT2D eigenvalue weighted by atomic mass is 9.94. The lowest BCUT2D eigenvalue weighted by Gasteiger charge is -2.28. The molecule has 0 atom stereocenters. The zero-order valence-electron chi connectivity index (χ0n) is 9.61. The Kier molecular flexibility index (Phi) is 3.76. The second kappa shape index (κ2) is 5.10. The Balaban J connectivity index is 2.12. The molecule has 16 heavy (non-hydrogen) atoms. The van der Waals surface area contributed by atoms with Crippen LogP contribution in [-0.2, 0) is 0 Å². The van der Waals surface area contributed by atoms with Gasteiger partial charge < -0.3 is 9.64 Å². The van der Waals surface area contributed by atoms with Crippen molar-refractivity contribution in [3.63, 3.8) is 0 Å². The highest BCUT2D eigenvalue weighted by atomic mass is 79.9. The summed E-state index contributed by atoms with van der Waals surface area (Å²) < 4.78 is 5.96. The number of ether oxygens (including phenoxy) is 1. The Labute approximate surface area is 104 Å². The number of hydrogen-bond donors (Lipinski definition) is 0. The minimum absolute atomic E-state index is 0.533. The highest BCUT2D eigenvalue weighted by molar-refractivity contribution is 9.10. The molecule has 0 amide bonds. The van der Waals surface area contributed by atoms with Gasteiger partial charge in [0.1, 0.15) is 0 Å². The third-order valence-corrected chi connectivity index (χ3v) is 3.63. The SMILES string of the molecule is COc1nnc(C2CCN(C)CC2)cc1Br. The summed E-state index contributed by atoms with van der Waals surface area (Å²) in [5.41, 5.74) is 1.07. The standard InChI is InChI=1S/C11H16BrN3O/c1-15-5-3-8(4-6-15)10-7-9(12)11(16-2)14-13-10/h7-8H,3-6H2,1-2H3. The van der Waals surface area contributed by atoms with Crippen LogP contribution in [0.4, 0.5) is 0 Å². The smallest absolute Gasteiger partial charge is 0.247 e. The molecule has 0 aliphatic carbocycles. The molecular formula is C11H16BrN3O. The van der Waals surface area contributed by atoms with Crippen molar-refractivity contribution in [1.82, 2.24) is 15.1 Å². The number of piperidine rings is 1. The predicted octanol–water partition coefficient (Wildman–Crippen LogP) is 2.06. The fourth-order valence-electron chi connectivity index (χ4n) is 2.01. The molecule has 1 aromatic rings. The number of likely N-dealkylation sites (tertiary alicyclic amines) is 1. The average Bonchev–Trinajstić information content (AvgIpc) is 2.30. The van der Waals surface area contributed by atoms with Gasteiger partial charge in [-0.05, 0) is 55.0 Å². The molecule has 2 heterocycles. The van der Waals surface area contributed by atoms with E-state index in [1.807, 2.05) is 6.07 Å². The molecule has 88 valence electrons. The second-order valence-electron chi connectivity index (χ2n) is 4.20. The van der Waals surface area contributed by atoms with E-state index in [4.69, 9.17) is 4.74 Å². The first-order valence-corrected chi connectivity index (χ1v) is 6.25. The first kappa shape index (κ1) is 11.8. The highest BCUT2D eigenvalue weighted by Crippen LogP contribution is 2.29. The van der Waals surface area contributed by atoms with Gasteiger partial charge in [-0.25, -0.2) is 0 Å². The van der Waals surface area contributed by atoms with Gasteiger partial charge in [-0.1, -0.05) is 0 Å². The van der Waals surface area contributed by atoms with E-state index in [-0.39, 0.29) is 0 Å². The molecule has 0 saturated carbocycles. The van der Waals surface area contributed by atoms with Crippen molar-refractivity contribution in [3.05, 3.63) is 16.2 Å². The van der Waals surface area contributed by atoms with Gasteiger partial charge in [-0.2, -0.15) is 5.10 Å². The maximum Gasteiger partial charge on any atom is 0.247 e. The topological polar surface area (TPSA) is 38.3 Å². The molecule has 1 fully saturated rings. The van der Waals surface area contributed by atoms with Crippen molar-refractivity contribution in [3.8, 4) is 5.88 Å². The summed E-state index contributed by atoms with van der Waals surface area (Å²) in [7, 11) is 3.76. The Bertz CT molecular complexity index is 364. The van der Waals surface area contributed by atoms with E-state index in [2.05, 4.69) is 38.1 Å². The summed E-state index contributed by atoms with van der Waals surface area (Å²) in [4.78, 5) is 2.35. The van der Waals surface area contributed by atoms with E-state index in [1.165, 1.54) is 0 Å². The zero-order valence-corrected chi connectivity index (χ0v) is 11.2. The fourth-order valence-corrected chi connectivity index (χ4v) is 2.49. The Morgan fingerprint density at radius 3 is 2.62 bits per heavy atom. The van der Waals surface area contributed by atoms with Gasteiger partial charge in [0.2, 0.25) is 5.88 Å². The minimum Gasteiger partial charge on any atom is -0.479 e. The maximum atomic E-state index is 5.08. The van der Waals surface area contributed by atoms with Crippen molar-refractivity contribution in [1.29, 1.82) is 0 Å². The maximum absolute atomic E-state index is 5.08. The monoisotopic (exact) mass is 285 g/mol. The normalized spacial score (nSPS) is 18.7. The van der Waals surface area contributed by atoms with E-state index in [0.717, 1.165) is 36.1 Å². The minimum atomic E-state index is 0.533. The number of methoxy groups -OCH3 is 1. The molecule has 1 aliphatic rings. The van der Waals surface area contributed by atoms with E-state index in [0.29, 0.717) is 11.8 Å². The first-order chi connectivity index (χ1) is 7.70. The molecule has 1 aliphatic heterocycles. The van der Waals surface area contributed by atoms with Crippen LogP contribution in [0.5, 0.6) is 5.88 Å². The van der Waals surface area contributed by atoms with Crippen LogP contribution in [-0.4, -0.2) is 42.3 Å². The molecule has 1 saturated heterocycles. The number of halogens is 1. The van der Waals surface area contributed by atoms with Crippen LogP contribution in [0.3, 0.4) is 0 Å². The van der Waals surface area contributed by atoms with Crippen LogP contribution in [0, 0.1) is 0 Å². The molecular weight excluding hydrogens is 270 g/mol. The lowest BCUT2D eigenvalue weighted by molar-refractivity contribution is 0.252. The van der Waals surface area contributed by atoms with E-state index < -0.39 is 0 Å². The van der Waals surface area contributed by atoms with Gasteiger partial charge in [-0.3, -0.25) is 0 Å². The van der Waals surface area contributed by atoms with Crippen LogP contribution in [0.1, 0.15) is 24.5 Å². The molecule has 5 heteroatoms. The van der Waals surface area contributed by atoms with Gasteiger partial charge in [-0.15, -0.1) is 5.10 Å². The predicted molar refractivity (Wildman–Crippen MR) is 65.8 cm³/mol. The quantitative estimate of drug-likeness (QED) is 0.834. The molecule has 2 rings (SSSR count). The lowest BCUT2D eigenvalue weighted by Crippen LogP contribution is -2.29. The van der Waals surface area contributed by atoms with E-state index in [1.54, 1.807) is 7.11 Å². The van der Waals surface area contributed by atoms with E-state index >= 15 is 0 Å². The van der Waals surface area contributed by atoms with Crippen LogP contribution >= 0.6 is 15.9 Å². The van der Waals surface area contributed by atoms with Crippen molar-refractivity contribution >= 4 is 15.9 Å². The molecule has 0 bridgehead atoms. The summed E-state index contributed by atoms with van der Waals surface area (Å²) >= 11 is 3.45. The average molecular weight is 286 g/mol. The highest BCUT2D eigenvalue weighted by Gasteiger charge is 2.20. The number of hydrogen-bond acceptors (Lipinski definition) is 4. The number of aromatic nitrogens is 2. The van der Waals surface area contributed by atoms with Crippen molar-refractivity contribution < 1.29 is 4.74 Å². The van der Waals surface area contributed by atoms with Crippen LogP contribution in [0.15, 0.2) is 10.5 Å². The third kappa shape index (κ3) is 2.52. The molecule has 0 radical (unpaired) electrons. The van der Waals surface area contributed by atoms with Gasteiger partial charge in [0.15, 0.2) is 0 Å². The van der Waals surface area contributed by atoms with Gasteiger partial charge in [0.25, 0.3) is 0 Å². The summed E-state index contributed by atoms with van der Waals surface area (Å²) in [5.74, 6) is 1.09. The fraction of sp³-hybridized carbons (Fsp3) is 0.636. The Morgan fingerprint density at radius 1 is 1.38 bits per heavy atom. The van der Waals surface area contributed by atoms with Gasteiger partial charge in [0.05, 0.1) is 17.3 Å². The van der Waals surface area contributed by atoms with Crippen LogP contribution in [0.25, 0.3) is 0 Å². The Hall–Kier alpha value is -0.680. The summed E-state index contributed by atoms with van der Waals surface area (Å²) in [6.45, 7) is 2.27. The molecule has 0 N–H and O–H groups in total. The molecule has 0 unspecified atom stereocenters. The van der Waals surface area contributed by atoms with Crippen LogP contribution in [0.2, 0.25) is 0 Å². The summed E-state index contributed by atoms with van der Waals surface area (Å²) in [6, 6.07) is 2.03. The Morgan fingerprint density at radius 2 is 2.06 bits per heavy atom. The largest absolute Gasteiger partial charge is 0.479 e. The molecule has 4 nitrogen and oxygen atoms in total. The number of rotatable bonds is 2.